The van der Waals surface area contributed by atoms with Gasteiger partial charge in [0, 0.05) is 12.6 Å². The number of fused-ring (bicyclic) bond motifs is 1. The van der Waals surface area contributed by atoms with Gasteiger partial charge in [0.15, 0.2) is 0 Å². The summed E-state index contributed by atoms with van der Waals surface area (Å²) < 4.78 is 28.9. The number of rotatable bonds is 5. The van der Waals surface area contributed by atoms with Gasteiger partial charge in [-0.2, -0.15) is 0 Å². The van der Waals surface area contributed by atoms with Crippen LogP contribution < -0.4 is 5.73 Å². The highest BCUT2D eigenvalue weighted by atomic mass is 19.1. The molecule has 2 fully saturated rings. The Morgan fingerprint density at radius 1 is 1.17 bits per heavy atom. The standard InChI is InChI=1S/C23H24F2N4O/c24-15-10-17(22(26)30)21-19(11-15)27-23(28-21)16-7-6-14(9-18(16)25)20-3-1-2-8-29(20)12-13-4-5-13/h6-7,9-11,13,20H,1-5,8,12H2,(H2,26,30)(H,27,28). The number of nitrogens with zero attached hydrogens (tertiary/aromatic N) is 2. The summed E-state index contributed by atoms with van der Waals surface area (Å²) in [5.41, 5.74) is 7.14. The first-order valence-electron chi connectivity index (χ1n) is 10.5. The molecular formula is C23H24F2N4O. The average Bonchev–Trinajstić information content (AvgIpc) is 3.43. The molecule has 1 amide bonds. The summed E-state index contributed by atoms with van der Waals surface area (Å²) >= 11 is 0. The number of H-pyrrole nitrogens is 1. The van der Waals surface area contributed by atoms with E-state index >= 15 is 4.39 Å². The van der Waals surface area contributed by atoms with Crippen LogP contribution in [0.5, 0.6) is 0 Å². The molecule has 3 N–H and O–H groups in total. The van der Waals surface area contributed by atoms with E-state index in [2.05, 4.69) is 14.9 Å². The first-order chi connectivity index (χ1) is 14.5. The molecule has 1 aliphatic heterocycles. The van der Waals surface area contributed by atoms with Crippen LogP contribution in [0.15, 0.2) is 30.3 Å². The number of nitrogens with two attached hydrogens (primary N) is 1. The summed E-state index contributed by atoms with van der Waals surface area (Å²) in [6.07, 6.45) is 5.99. The lowest BCUT2D eigenvalue weighted by Gasteiger charge is -2.36. The van der Waals surface area contributed by atoms with Gasteiger partial charge in [-0.1, -0.05) is 12.5 Å². The van der Waals surface area contributed by atoms with Gasteiger partial charge < -0.3 is 10.7 Å². The van der Waals surface area contributed by atoms with Gasteiger partial charge >= 0.3 is 0 Å². The maximum Gasteiger partial charge on any atom is 0.251 e. The van der Waals surface area contributed by atoms with Crippen LogP contribution in [0.25, 0.3) is 22.4 Å². The Morgan fingerprint density at radius 2 is 2.00 bits per heavy atom. The van der Waals surface area contributed by atoms with E-state index in [9.17, 15) is 9.18 Å². The van der Waals surface area contributed by atoms with E-state index in [1.54, 1.807) is 12.1 Å². The SMILES string of the molecule is NC(=O)c1cc(F)cc2[nH]c(-c3ccc(C4CCCCN4CC4CC4)cc3F)nc12. The number of imidazole rings is 1. The number of aromatic amines is 1. The number of piperidine rings is 1. The highest BCUT2D eigenvalue weighted by Crippen LogP contribution is 2.38. The van der Waals surface area contributed by atoms with Gasteiger partial charge in [-0.3, -0.25) is 9.69 Å². The summed E-state index contributed by atoms with van der Waals surface area (Å²) in [5.74, 6) is -0.716. The number of aromatic nitrogens is 2. The van der Waals surface area contributed by atoms with Crippen molar-refractivity contribution in [1.29, 1.82) is 0 Å². The fourth-order valence-electron chi connectivity index (χ4n) is 4.55. The minimum Gasteiger partial charge on any atom is -0.366 e. The van der Waals surface area contributed by atoms with Crippen LogP contribution in [0.3, 0.4) is 0 Å². The molecule has 2 aromatic carbocycles. The van der Waals surface area contributed by atoms with Crippen LogP contribution in [0.2, 0.25) is 0 Å². The molecule has 0 spiro atoms. The van der Waals surface area contributed by atoms with Crippen molar-refractivity contribution in [2.75, 3.05) is 13.1 Å². The topological polar surface area (TPSA) is 75.0 Å². The van der Waals surface area contributed by atoms with E-state index in [0.29, 0.717) is 5.52 Å². The predicted molar refractivity (Wildman–Crippen MR) is 111 cm³/mol. The summed E-state index contributed by atoms with van der Waals surface area (Å²) in [6, 6.07) is 7.78. The minimum atomic E-state index is -0.776. The van der Waals surface area contributed by atoms with Gasteiger partial charge in [-0.25, -0.2) is 13.8 Å². The zero-order valence-electron chi connectivity index (χ0n) is 16.6. The molecule has 5 nitrogen and oxygen atoms in total. The van der Waals surface area contributed by atoms with E-state index in [-0.39, 0.29) is 34.3 Å². The summed E-state index contributed by atoms with van der Waals surface area (Å²) in [7, 11) is 0. The number of amides is 1. The molecule has 1 aliphatic carbocycles. The molecule has 0 bridgehead atoms. The molecule has 1 aromatic heterocycles. The zero-order chi connectivity index (χ0) is 20.8. The molecule has 2 heterocycles. The van der Waals surface area contributed by atoms with E-state index in [1.165, 1.54) is 25.3 Å². The number of carbonyl (C=O) groups excluding carboxylic acids is 1. The molecule has 156 valence electrons. The molecule has 0 radical (unpaired) electrons. The van der Waals surface area contributed by atoms with E-state index in [1.807, 2.05) is 6.07 Å². The van der Waals surface area contributed by atoms with Gasteiger partial charge in [0.05, 0.1) is 16.6 Å². The first-order valence-corrected chi connectivity index (χ1v) is 10.5. The molecule has 1 atom stereocenters. The molecule has 5 rings (SSSR count). The maximum atomic E-state index is 15.1. The second-order valence-corrected chi connectivity index (χ2v) is 8.49. The second-order valence-electron chi connectivity index (χ2n) is 8.49. The van der Waals surface area contributed by atoms with Crippen LogP contribution in [0.4, 0.5) is 8.78 Å². The van der Waals surface area contributed by atoms with Crippen LogP contribution >= 0.6 is 0 Å². The molecule has 30 heavy (non-hydrogen) atoms. The molecule has 2 aliphatic rings. The predicted octanol–water partition coefficient (Wildman–Crippen LogP) is 4.54. The Kier molecular flexibility index (Phi) is 4.77. The van der Waals surface area contributed by atoms with Crippen LogP contribution in [-0.4, -0.2) is 33.9 Å². The third-order valence-electron chi connectivity index (χ3n) is 6.25. The van der Waals surface area contributed by atoms with Gasteiger partial charge in [0.25, 0.3) is 5.91 Å². The Labute approximate surface area is 173 Å². The fraction of sp³-hybridized carbons (Fsp3) is 0.391. The number of primary amides is 1. The number of halogens is 2. The highest BCUT2D eigenvalue weighted by Gasteiger charge is 2.31. The van der Waals surface area contributed by atoms with Gasteiger partial charge in [-0.15, -0.1) is 0 Å². The molecule has 1 unspecified atom stereocenters. The lowest BCUT2D eigenvalue weighted by Crippen LogP contribution is -2.35. The summed E-state index contributed by atoms with van der Waals surface area (Å²) in [4.78, 5) is 21.4. The van der Waals surface area contributed by atoms with Crippen LogP contribution in [0.1, 0.15) is 54.1 Å². The monoisotopic (exact) mass is 410 g/mol. The van der Waals surface area contributed by atoms with Gasteiger partial charge in [-0.05, 0) is 68.0 Å². The van der Waals surface area contributed by atoms with Crippen molar-refractivity contribution in [3.8, 4) is 11.4 Å². The van der Waals surface area contributed by atoms with Crippen molar-refractivity contribution >= 4 is 16.9 Å². The Morgan fingerprint density at radius 3 is 2.73 bits per heavy atom. The average molecular weight is 410 g/mol. The number of carbonyl (C=O) groups is 1. The summed E-state index contributed by atoms with van der Waals surface area (Å²) in [5, 5.41) is 0. The lowest BCUT2D eigenvalue weighted by atomic mass is 9.94. The zero-order valence-corrected chi connectivity index (χ0v) is 16.6. The fourth-order valence-corrected chi connectivity index (χ4v) is 4.55. The number of hydrogen-bond acceptors (Lipinski definition) is 3. The Bertz CT molecular complexity index is 1120. The minimum absolute atomic E-state index is 0.0255. The van der Waals surface area contributed by atoms with E-state index in [4.69, 9.17) is 5.73 Å². The van der Waals surface area contributed by atoms with Crippen molar-refractivity contribution in [2.45, 2.75) is 38.1 Å². The van der Waals surface area contributed by atoms with Crippen molar-refractivity contribution in [1.82, 2.24) is 14.9 Å². The van der Waals surface area contributed by atoms with Crippen LogP contribution in [0, 0.1) is 17.6 Å². The smallest absolute Gasteiger partial charge is 0.251 e. The maximum absolute atomic E-state index is 15.1. The van der Waals surface area contributed by atoms with Gasteiger partial charge in [0.2, 0.25) is 0 Å². The van der Waals surface area contributed by atoms with Crippen molar-refractivity contribution in [3.63, 3.8) is 0 Å². The highest BCUT2D eigenvalue weighted by molar-refractivity contribution is 6.04. The Balaban J connectivity index is 1.49. The largest absolute Gasteiger partial charge is 0.366 e. The lowest BCUT2D eigenvalue weighted by molar-refractivity contribution is 0.100. The number of hydrogen-bond donors (Lipinski definition) is 2. The number of benzene rings is 2. The van der Waals surface area contributed by atoms with Crippen molar-refractivity contribution < 1.29 is 13.6 Å². The normalized spacial score (nSPS) is 20.0. The quantitative estimate of drug-likeness (QED) is 0.648. The summed E-state index contributed by atoms with van der Waals surface area (Å²) in [6.45, 7) is 2.16. The molecular weight excluding hydrogens is 386 g/mol. The van der Waals surface area contributed by atoms with Crippen molar-refractivity contribution in [2.24, 2.45) is 11.7 Å². The Hall–Kier alpha value is -2.80. The van der Waals surface area contributed by atoms with E-state index < -0.39 is 11.7 Å². The number of nitrogens with one attached hydrogen (secondary N) is 1. The first kappa shape index (κ1) is 19.2. The van der Waals surface area contributed by atoms with Gasteiger partial charge in [0.1, 0.15) is 23.0 Å². The third kappa shape index (κ3) is 3.58. The van der Waals surface area contributed by atoms with Crippen LogP contribution in [-0.2, 0) is 0 Å². The second kappa shape index (κ2) is 7.47. The van der Waals surface area contributed by atoms with Crippen molar-refractivity contribution in [3.05, 3.63) is 53.1 Å². The molecule has 1 saturated heterocycles. The molecule has 3 aromatic rings. The molecule has 1 saturated carbocycles. The van der Waals surface area contributed by atoms with E-state index in [0.717, 1.165) is 43.5 Å². The third-order valence-corrected chi connectivity index (χ3v) is 6.25. The molecule has 7 heteroatoms. The number of likely N-dealkylation sites (tertiary alicyclic amines) is 1.